The van der Waals surface area contributed by atoms with Crippen LogP contribution in [-0.2, 0) is 0 Å². The Morgan fingerprint density at radius 2 is 2.04 bits per heavy atom. The number of carbonyl (C=O) groups is 1. The summed E-state index contributed by atoms with van der Waals surface area (Å²) in [5.41, 5.74) is 3.45. The highest BCUT2D eigenvalue weighted by molar-refractivity contribution is 8.14. The highest BCUT2D eigenvalue weighted by atomic mass is 32.2. The van der Waals surface area contributed by atoms with Gasteiger partial charge in [-0.2, -0.15) is 0 Å². The minimum Gasteiger partial charge on any atom is -0.301 e. The van der Waals surface area contributed by atoms with Crippen molar-refractivity contribution < 1.29 is 4.79 Å². The van der Waals surface area contributed by atoms with E-state index in [1.807, 2.05) is 55.5 Å². The van der Waals surface area contributed by atoms with Crippen LogP contribution in [0.3, 0.4) is 0 Å². The second-order valence-electron chi connectivity index (χ2n) is 5.52. The van der Waals surface area contributed by atoms with Gasteiger partial charge in [0.15, 0.2) is 5.17 Å². The van der Waals surface area contributed by atoms with Gasteiger partial charge in [-0.3, -0.25) is 14.4 Å². The first kappa shape index (κ1) is 15.0. The van der Waals surface area contributed by atoms with Crippen LogP contribution in [0.1, 0.15) is 16.2 Å². The summed E-state index contributed by atoms with van der Waals surface area (Å²) in [5.74, 6) is 1.68. The Balaban J connectivity index is 1.71. The maximum atomic E-state index is 12.4. The number of hydrogen-bond acceptors (Lipinski definition) is 4. The number of nitrogens with zero attached hydrogens (tertiary/aromatic N) is 3. The van der Waals surface area contributed by atoms with E-state index in [1.54, 1.807) is 11.8 Å². The van der Waals surface area contributed by atoms with Crippen molar-refractivity contribution in [3.8, 4) is 5.69 Å². The Bertz CT molecular complexity index is 946. The molecule has 120 valence electrons. The molecular formula is C18H16N4OS. The SMILES string of the molecule is Cc1nc2cc(C(=O)NC3=NCCS3)ccc2n1-c1ccccc1. The number of aliphatic imine (C=N–C) groups is 1. The van der Waals surface area contributed by atoms with E-state index in [2.05, 4.69) is 19.9 Å². The zero-order valence-electron chi connectivity index (χ0n) is 13.2. The lowest BCUT2D eigenvalue weighted by Crippen LogP contribution is -2.27. The summed E-state index contributed by atoms with van der Waals surface area (Å²) in [7, 11) is 0. The van der Waals surface area contributed by atoms with Crippen LogP contribution in [0.15, 0.2) is 53.5 Å². The quantitative estimate of drug-likeness (QED) is 0.782. The zero-order chi connectivity index (χ0) is 16.5. The Labute approximate surface area is 143 Å². The molecule has 0 aliphatic carbocycles. The second kappa shape index (κ2) is 6.13. The first-order valence-electron chi connectivity index (χ1n) is 7.75. The van der Waals surface area contributed by atoms with E-state index in [1.165, 1.54) is 0 Å². The molecule has 0 unspecified atom stereocenters. The van der Waals surface area contributed by atoms with Crippen LogP contribution in [0.5, 0.6) is 0 Å². The maximum Gasteiger partial charge on any atom is 0.257 e. The highest BCUT2D eigenvalue weighted by Crippen LogP contribution is 2.22. The normalized spacial score (nSPS) is 14.0. The van der Waals surface area contributed by atoms with E-state index in [-0.39, 0.29) is 5.91 Å². The molecule has 4 rings (SSSR count). The van der Waals surface area contributed by atoms with Crippen LogP contribution in [0.2, 0.25) is 0 Å². The average Bonchev–Trinajstić information content (AvgIpc) is 3.21. The molecule has 0 fully saturated rings. The van der Waals surface area contributed by atoms with Gasteiger partial charge >= 0.3 is 0 Å². The van der Waals surface area contributed by atoms with Gasteiger partial charge in [0, 0.05) is 17.0 Å². The predicted molar refractivity (Wildman–Crippen MR) is 98.0 cm³/mol. The van der Waals surface area contributed by atoms with Crippen LogP contribution in [0.25, 0.3) is 16.7 Å². The molecular weight excluding hydrogens is 320 g/mol. The number of imidazole rings is 1. The molecule has 0 atom stereocenters. The molecule has 0 spiro atoms. The van der Waals surface area contributed by atoms with Crippen LogP contribution < -0.4 is 5.32 Å². The monoisotopic (exact) mass is 336 g/mol. The standard InChI is InChI=1S/C18H16N4OS/c1-12-20-15-11-13(17(23)21-18-19-9-10-24-18)7-8-16(15)22(12)14-5-3-2-4-6-14/h2-8,11H,9-10H2,1H3,(H,19,21,23). The van der Waals surface area contributed by atoms with Gasteiger partial charge < -0.3 is 5.32 Å². The molecule has 5 nitrogen and oxygen atoms in total. The van der Waals surface area contributed by atoms with Gasteiger partial charge in [0.1, 0.15) is 5.82 Å². The molecule has 0 saturated carbocycles. The number of thioether (sulfide) groups is 1. The van der Waals surface area contributed by atoms with Gasteiger partial charge in [-0.1, -0.05) is 30.0 Å². The molecule has 1 N–H and O–H groups in total. The van der Waals surface area contributed by atoms with E-state index >= 15 is 0 Å². The Hall–Kier alpha value is -2.60. The number of nitrogens with one attached hydrogen (secondary N) is 1. The molecule has 0 bridgehead atoms. The zero-order valence-corrected chi connectivity index (χ0v) is 14.0. The van der Waals surface area contributed by atoms with Gasteiger partial charge in [0.2, 0.25) is 0 Å². The number of benzene rings is 2. The van der Waals surface area contributed by atoms with E-state index in [9.17, 15) is 4.79 Å². The highest BCUT2D eigenvalue weighted by Gasteiger charge is 2.15. The van der Waals surface area contributed by atoms with Crippen molar-refractivity contribution in [1.82, 2.24) is 14.9 Å². The fourth-order valence-corrected chi connectivity index (χ4v) is 3.55. The minimum absolute atomic E-state index is 0.142. The van der Waals surface area contributed by atoms with Gasteiger partial charge in [-0.15, -0.1) is 0 Å². The second-order valence-corrected chi connectivity index (χ2v) is 6.61. The Kier molecular flexibility index (Phi) is 3.82. The van der Waals surface area contributed by atoms with Crippen molar-refractivity contribution >= 4 is 33.9 Å². The third kappa shape index (κ3) is 2.69. The van der Waals surface area contributed by atoms with E-state index in [0.29, 0.717) is 10.7 Å². The van der Waals surface area contributed by atoms with E-state index in [0.717, 1.165) is 34.8 Å². The molecule has 1 aliphatic heterocycles. The molecule has 3 aromatic rings. The molecule has 2 heterocycles. The van der Waals surface area contributed by atoms with Crippen molar-refractivity contribution in [2.45, 2.75) is 6.92 Å². The van der Waals surface area contributed by atoms with E-state index < -0.39 is 0 Å². The van der Waals surface area contributed by atoms with Crippen LogP contribution in [-0.4, -0.2) is 32.9 Å². The lowest BCUT2D eigenvalue weighted by molar-refractivity contribution is 0.0978. The molecule has 1 amide bonds. The van der Waals surface area contributed by atoms with Gasteiger partial charge in [0.05, 0.1) is 17.6 Å². The lowest BCUT2D eigenvalue weighted by Gasteiger charge is -2.07. The Morgan fingerprint density at radius 1 is 1.21 bits per heavy atom. The number of para-hydroxylation sites is 1. The fourth-order valence-electron chi connectivity index (χ4n) is 2.82. The number of amides is 1. The van der Waals surface area contributed by atoms with Crippen molar-refractivity contribution in [1.29, 1.82) is 0 Å². The maximum absolute atomic E-state index is 12.4. The summed E-state index contributed by atoms with van der Waals surface area (Å²) in [5, 5.41) is 3.55. The van der Waals surface area contributed by atoms with Crippen molar-refractivity contribution in [3.05, 3.63) is 59.9 Å². The molecule has 1 aliphatic rings. The van der Waals surface area contributed by atoms with Gasteiger partial charge in [-0.05, 0) is 37.3 Å². The molecule has 24 heavy (non-hydrogen) atoms. The largest absolute Gasteiger partial charge is 0.301 e. The first-order chi connectivity index (χ1) is 11.7. The number of rotatable bonds is 2. The third-order valence-corrected chi connectivity index (χ3v) is 4.80. The number of carbonyl (C=O) groups excluding carboxylic acids is 1. The third-order valence-electron chi connectivity index (χ3n) is 3.90. The lowest BCUT2D eigenvalue weighted by atomic mass is 10.2. The smallest absolute Gasteiger partial charge is 0.257 e. The van der Waals surface area contributed by atoms with Crippen LogP contribution in [0, 0.1) is 6.92 Å². The van der Waals surface area contributed by atoms with Crippen molar-refractivity contribution in [2.75, 3.05) is 12.3 Å². The average molecular weight is 336 g/mol. The number of fused-ring (bicyclic) bond motifs is 1. The van der Waals surface area contributed by atoms with Gasteiger partial charge in [0.25, 0.3) is 5.91 Å². The molecule has 2 aromatic carbocycles. The topological polar surface area (TPSA) is 59.3 Å². The van der Waals surface area contributed by atoms with Crippen molar-refractivity contribution in [2.24, 2.45) is 4.99 Å². The molecule has 1 aromatic heterocycles. The fraction of sp³-hybridized carbons (Fsp3) is 0.167. The summed E-state index contributed by atoms with van der Waals surface area (Å²) in [6.07, 6.45) is 0. The summed E-state index contributed by atoms with van der Waals surface area (Å²) < 4.78 is 2.09. The van der Waals surface area contributed by atoms with E-state index in [4.69, 9.17) is 0 Å². The number of aryl methyl sites for hydroxylation is 1. The van der Waals surface area contributed by atoms with Gasteiger partial charge in [-0.25, -0.2) is 4.98 Å². The number of hydrogen-bond donors (Lipinski definition) is 1. The van der Waals surface area contributed by atoms with Crippen LogP contribution >= 0.6 is 11.8 Å². The molecule has 0 radical (unpaired) electrons. The summed E-state index contributed by atoms with van der Waals surface area (Å²) in [6, 6.07) is 15.7. The number of amidine groups is 1. The summed E-state index contributed by atoms with van der Waals surface area (Å²) in [6.45, 7) is 2.73. The summed E-state index contributed by atoms with van der Waals surface area (Å²) >= 11 is 1.57. The number of aromatic nitrogens is 2. The first-order valence-corrected chi connectivity index (χ1v) is 8.74. The predicted octanol–water partition coefficient (Wildman–Crippen LogP) is 3.17. The summed E-state index contributed by atoms with van der Waals surface area (Å²) in [4.78, 5) is 21.2. The molecule has 0 saturated heterocycles. The van der Waals surface area contributed by atoms with Crippen LogP contribution in [0.4, 0.5) is 0 Å². The van der Waals surface area contributed by atoms with Crippen molar-refractivity contribution in [3.63, 3.8) is 0 Å². The minimum atomic E-state index is -0.142. The molecule has 6 heteroatoms. The Morgan fingerprint density at radius 3 is 2.79 bits per heavy atom.